The standard InChI is InChI=1S/C11H12O4/c1-6-4-7(2)10(15-8(3)12)9(5-6)11(13)14/h4-5H,1-3H3,(H,13,14). The van der Waals surface area contributed by atoms with E-state index < -0.39 is 11.9 Å². The molecule has 0 atom stereocenters. The molecule has 1 aromatic rings. The number of esters is 1. The van der Waals surface area contributed by atoms with E-state index >= 15 is 0 Å². The van der Waals surface area contributed by atoms with Crippen molar-refractivity contribution in [3.05, 3.63) is 28.8 Å². The summed E-state index contributed by atoms with van der Waals surface area (Å²) in [6, 6.07) is 3.25. The lowest BCUT2D eigenvalue weighted by Gasteiger charge is -2.09. The zero-order valence-electron chi connectivity index (χ0n) is 8.83. The molecule has 1 aromatic carbocycles. The average molecular weight is 208 g/mol. The minimum atomic E-state index is -1.10. The zero-order chi connectivity index (χ0) is 11.6. The van der Waals surface area contributed by atoms with Gasteiger partial charge in [0.05, 0.1) is 0 Å². The molecule has 0 saturated carbocycles. The largest absolute Gasteiger partial charge is 0.478 e. The lowest BCUT2D eigenvalue weighted by atomic mass is 10.1. The molecule has 0 aliphatic rings. The highest BCUT2D eigenvalue weighted by atomic mass is 16.5. The number of ether oxygens (including phenoxy) is 1. The minimum absolute atomic E-state index is 0.0164. The molecule has 0 fully saturated rings. The van der Waals surface area contributed by atoms with E-state index in [0.29, 0.717) is 5.56 Å². The van der Waals surface area contributed by atoms with Crippen LogP contribution in [0.15, 0.2) is 12.1 Å². The quantitative estimate of drug-likeness (QED) is 0.595. The van der Waals surface area contributed by atoms with E-state index in [0.717, 1.165) is 5.56 Å². The fraction of sp³-hybridized carbons (Fsp3) is 0.273. The Morgan fingerprint density at radius 1 is 1.27 bits per heavy atom. The lowest BCUT2D eigenvalue weighted by molar-refractivity contribution is -0.131. The number of hydrogen-bond acceptors (Lipinski definition) is 3. The van der Waals surface area contributed by atoms with Gasteiger partial charge in [0, 0.05) is 6.92 Å². The molecule has 0 saturated heterocycles. The van der Waals surface area contributed by atoms with Gasteiger partial charge in [-0.25, -0.2) is 4.79 Å². The van der Waals surface area contributed by atoms with Crippen LogP contribution in [0.3, 0.4) is 0 Å². The zero-order valence-corrected chi connectivity index (χ0v) is 8.83. The summed E-state index contributed by atoms with van der Waals surface area (Å²) >= 11 is 0. The van der Waals surface area contributed by atoms with Gasteiger partial charge in [-0.1, -0.05) is 6.07 Å². The van der Waals surface area contributed by atoms with Crippen LogP contribution in [0.4, 0.5) is 0 Å². The third kappa shape index (κ3) is 2.56. The Morgan fingerprint density at radius 3 is 2.33 bits per heavy atom. The number of aromatic carboxylic acids is 1. The molecule has 0 aliphatic carbocycles. The van der Waals surface area contributed by atoms with Crippen molar-refractivity contribution >= 4 is 11.9 Å². The first-order chi connectivity index (χ1) is 6.91. The van der Waals surface area contributed by atoms with Gasteiger partial charge in [-0.2, -0.15) is 0 Å². The number of rotatable bonds is 2. The van der Waals surface area contributed by atoms with Gasteiger partial charge in [0.15, 0.2) is 0 Å². The molecule has 4 heteroatoms. The molecule has 0 heterocycles. The minimum Gasteiger partial charge on any atom is -0.478 e. The van der Waals surface area contributed by atoms with E-state index in [1.165, 1.54) is 13.0 Å². The summed E-state index contributed by atoms with van der Waals surface area (Å²) in [5.41, 5.74) is 1.48. The van der Waals surface area contributed by atoms with Crippen molar-refractivity contribution in [3.8, 4) is 5.75 Å². The van der Waals surface area contributed by atoms with Crippen molar-refractivity contribution in [1.82, 2.24) is 0 Å². The second kappa shape index (κ2) is 4.13. The predicted molar refractivity (Wildman–Crippen MR) is 54.2 cm³/mol. The number of carboxylic acid groups (broad SMARTS) is 1. The second-order valence-electron chi connectivity index (χ2n) is 3.36. The molecular weight excluding hydrogens is 196 g/mol. The first kappa shape index (κ1) is 11.2. The molecule has 80 valence electrons. The molecule has 1 rings (SSSR count). The fourth-order valence-electron chi connectivity index (χ4n) is 1.39. The van der Waals surface area contributed by atoms with Crippen LogP contribution in [0.2, 0.25) is 0 Å². The van der Waals surface area contributed by atoms with Gasteiger partial charge in [0.25, 0.3) is 0 Å². The Kier molecular flexibility index (Phi) is 3.09. The highest BCUT2D eigenvalue weighted by molar-refractivity contribution is 5.92. The third-order valence-electron chi connectivity index (χ3n) is 1.90. The van der Waals surface area contributed by atoms with E-state index in [4.69, 9.17) is 9.84 Å². The Balaban J connectivity index is 3.33. The molecule has 0 aromatic heterocycles. The van der Waals surface area contributed by atoms with Gasteiger partial charge < -0.3 is 9.84 Å². The summed E-state index contributed by atoms with van der Waals surface area (Å²) in [6.45, 7) is 4.74. The van der Waals surface area contributed by atoms with Crippen molar-refractivity contribution in [2.24, 2.45) is 0 Å². The van der Waals surface area contributed by atoms with E-state index in [2.05, 4.69) is 0 Å². The summed E-state index contributed by atoms with van der Waals surface area (Å²) < 4.78 is 4.87. The smallest absolute Gasteiger partial charge is 0.339 e. The molecule has 0 unspecified atom stereocenters. The number of carbonyl (C=O) groups excluding carboxylic acids is 1. The van der Waals surface area contributed by atoms with Gasteiger partial charge in [-0.15, -0.1) is 0 Å². The highest BCUT2D eigenvalue weighted by Gasteiger charge is 2.16. The molecule has 0 amide bonds. The van der Waals surface area contributed by atoms with Crippen molar-refractivity contribution in [2.75, 3.05) is 0 Å². The number of hydrogen-bond donors (Lipinski definition) is 1. The van der Waals surface area contributed by atoms with Crippen molar-refractivity contribution in [3.63, 3.8) is 0 Å². The molecule has 1 N–H and O–H groups in total. The van der Waals surface area contributed by atoms with Crippen molar-refractivity contribution < 1.29 is 19.4 Å². The lowest BCUT2D eigenvalue weighted by Crippen LogP contribution is -2.09. The SMILES string of the molecule is CC(=O)Oc1c(C)cc(C)cc1C(=O)O. The number of carboxylic acids is 1. The van der Waals surface area contributed by atoms with E-state index in [-0.39, 0.29) is 11.3 Å². The first-order valence-corrected chi connectivity index (χ1v) is 4.44. The summed E-state index contributed by atoms with van der Waals surface area (Å²) in [4.78, 5) is 21.7. The molecule has 4 nitrogen and oxygen atoms in total. The van der Waals surface area contributed by atoms with Crippen molar-refractivity contribution in [2.45, 2.75) is 20.8 Å². The number of benzene rings is 1. The van der Waals surface area contributed by atoms with Crippen LogP contribution in [-0.2, 0) is 4.79 Å². The summed E-state index contributed by atoms with van der Waals surface area (Å²) in [7, 11) is 0. The Hall–Kier alpha value is -1.84. The average Bonchev–Trinajstić information content (AvgIpc) is 2.08. The van der Waals surface area contributed by atoms with Crippen LogP contribution in [0, 0.1) is 13.8 Å². The molecular formula is C11H12O4. The Morgan fingerprint density at radius 2 is 1.87 bits per heavy atom. The molecule has 0 bridgehead atoms. The Labute approximate surface area is 87.5 Å². The third-order valence-corrected chi connectivity index (χ3v) is 1.90. The highest BCUT2D eigenvalue weighted by Crippen LogP contribution is 2.25. The van der Waals surface area contributed by atoms with Crippen LogP contribution in [-0.4, -0.2) is 17.0 Å². The second-order valence-corrected chi connectivity index (χ2v) is 3.36. The maximum atomic E-state index is 10.9. The summed E-state index contributed by atoms with van der Waals surface area (Å²) in [5, 5.41) is 8.94. The van der Waals surface area contributed by atoms with E-state index in [1.807, 2.05) is 0 Å². The predicted octanol–water partition coefficient (Wildman–Crippen LogP) is 1.93. The van der Waals surface area contributed by atoms with Crippen LogP contribution < -0.4 is 4.74 Å². The Bertz CT molecular complexity index is 421. The normalized spacial score (nSPS) is 9.80. The van der Waals surface area contributed by atoms with E-state index in [9.17, 15) is 9.59 Å². The van der Waals surface area contributed by atoms with Crippen LogP contribution in [0.1, 0.15) is 28.4 Å². The van der Waals surface area contributed by atoms with Gasteiger partial charge in [-0.05, 0) is 31.0 Å². The molecule has 0 aliphatic heterocycles. The van der Waals surface area contributed by atoms with Gasteiger partial charge in [0.1, 0.15) is 11.3 Å². The van der Waals surface area contributed by atoms with Crippen LogP contribution in [0.25, 0.3) is 0 Å². The summed E-state index contributed by atoms with van der Waals surface area (Å²) in [6.07, 6.45) is 0. The first-order valence-electron chi connectivity index (χ1n) is 4.44. The van der Waals surface area contributed by atoms with Crippen LogP contribution >= 0.6 is 0 Å². The van der Waals surface area contributed by atoms with E-state index in [1.54, 1.807) is 19.9 Å². The summed E-state index contributed by atoms with van der Waals surface area (Å²) in [5.74, 6) is -1.50. The maximum Gasteiger partial charge on any atom is 0.339 e. The van der Waals surface area contributed by atoms with Gasteiger partial charge in [-0.3, -0.25) is 4.79 Å². The van der Waals surface area contributed by atoms with Crippen LogP contribution in [0.5, 0.6) is 5.75 Å². The molecule has 0 spiro atoms. The maximum absolute atomic E-state index is 10.9. The topological polar surface area (TPSA) is 63.6 Å². The van der Waals surface area contributed by atoms with Gasteiger partial charge >= 0.3 is 11.9 Å². The molecule has 15 heavy (non-hydrogen) atoms. The van der Waals surface area contributed by atoms with Crippen molar-refractivity contribution in [1.29, 1.82) is 0 Å². The van der Waals surface area contributed by atoms with Gasteiger partial charge in [0.2, 0.25) is 0 Å². The fourth-order valence-corrected chi connectivity index (χ4v) is 1.39. The molecule has 0 radical (unpaired) electrons. The number of aryl methyl sites for hydroxylation is 2. The monoisotopic (exact) mass is 208 g/mol. The number of carbonyl (C=O) groups is 2.